The average Bonchev–Trinajstić information content (AvgIpc) is 2.52. The van der Waals surface area contributed by atoms with Crippen LogP contribution in [0.4, 0.5) is 5.69 Å². The summed E-state index contributed by atoms with van der Waals surface area (Å²) in [6.07, 6.45) is 0. The summed E-state index contributed by atoms with van der Waals surface area (Å²) in [6, 6.07) is 8.42. The van der Waals surface area contributed by atoms with Gasteiger partial charge in [-0.15, -0.1) is 0 Å². The van der Waals surface area contributed by atoms with Crippen LogP contribution < -0.4 is 5.32 Å². The highest BCUT2D eigenvalue weighted by molar-refractivity contribution is 6.34. The van der Waals surface area contributed by atoms with Crippen molar-refractivity contribution in [2.75, 3.05) is 12.4 Å². The molecule has 2 aromatic rings. The number of rotatable bonds is 3. The van der Waals surface area contributed by atoms with Crippen LogP contribution in [0.2, 0.25) is 5.02 Å². The summed E-state index contributed by atoms with van der Waals surface area (Å²) in [5, 5.41) is 3.11. The lowest BCUT2D eigenvalue weighted by Crippen LogP contribution is -2.15. The fourth-order valence-corrected chi connectivity index (χ4v) is 2.43. The summed E-state index contributed by atoms with van der Waals surface area (Å²) < 4.78 is 4.67. The number of carbonyl (C=O) groups excluding carboxylic acids is 2. The Bertz CT molecular complexity index is 784. The van der Waals surface area contributed by atoms with Gasteiger partial charge >= 0.3 is 5.97 Å². The van der Waals surface area contributed by atoms with Gasteiger partial charge in [-0.2, -0.15) is 0 Å². The van der Waals surface area contributed by atoms with E-state index in [4.69, 9.17) is 11.6 Å². The van der Waals surface area contributed by atoms with Crippen LogP contribution in [-0.4, -0.2) is 19.0 Å². The maximum atomic E-state index is 12.5. The second-order valence-electron chi connectivity index (χ2n) is 5.39. The molecule has 0 heterocycles. The summed E-state index contributed by atoms with van der Waals surface area (Å²) in [5.74, 6) is -0.756. The number of benzene rings is 2. The monoisotopic (exact) mass is 331 g/mol. The first-order chi connectivity index (χ1) is 10.8. The summed E-state index contributed by atoms with van der Waals surface area (Å²) in [4.78, 5) is 24.1. The minimum absolute atomic E-state index is 0.269. The highest BCUT2D eigenvalue weighted by Crippen LogP contribution is 2.25. The Morgan fingerprint density at radius 3 is 2.30 bits per heavy atom. The van der Waals surface area contributed by atoms with E-state index in [-0.39, 0.29) is 5.91 Å². The predicted molar refractivity (Wildman–Crippen MR) is 91.4 cm³/mol. The maximum absolute atomic E-state index is 12.5. The number of nitrogens with one attached hydrogen (secondary N) is 1. The molecule has 0 saturated carbocycles. The molecule has 0 unspecified atom stereocenters. The van der Waals surface area contributed by atoms with Crippen molar-refractivity contribution in [1.29, 1.82) is 0 Å². The van der Waals surface area contributed by atoms with Gasteiger partial charge < -0.3 is 10.1 Å². The lowest BCUT2D eigenvalue weighted by atomic mass is 10.0. The van der Waals surface area contributed by atoms with Crippen molar-refractivity contribution in [1.82, 2.24) is 0 Å². The first kappa shape index (κ1) is 17.0. The van der Waals surface area contributed by atoms with Gasteiger partial charge in [0.2, 0.25) is 0 Å². The van der Waals surface area contributed by atoms with E-state index in [9.17, 15) is 9.59 Å². The zero-order valence-corrected chi connectivity index (χ0v) is 14.2. The number of esters is 1. The van der Waals surface area contributed by atoms with Gasteiger partial charge in [0.15, 0.2) is 0 Å². The number of anilines is 1. The quantitative estimate of drug-likeness (QED) is 0.853. The molecule has 0 aromatic heterocycles. The van der Waals surface area contributed by atoms with Crippen LogP contribution >= 0.6 is 11.6 Å². The number of amides is 1. The Labute approximate surface area is 140 Å². The van der Waals surface area contributed by atoms with E-state index in [0.717, 1.165) is 16.7 Å². The van der Waals surface area contributed by atoms with Crippen molar-refractivity contribution in [3.8, 4) is 0 Å². The molecule has 0 bridgehead atoms. The number of hydrogen-bond donors (Lipinski definition) is 1. The smallest absolute Gasteiger partial charge is 0.337 e. The molecule has 0 aliphatic heterocycles. The molecule has 23 heavy (non-hydrogen) atoms. The highest BCUT2D eigenvalue weighted by atomic mass is 35.5. The third kappa shape index (κ3) is 3.71. The Balaban J connectivity index is 2.34. The standard InChI is InChI=1S/C18H18ClNO3/c1-10-7-12(3)14(8-11(10)2)17(21)20-16-9-13(18(22)23-4)5-6-15(16)19/h5-9H,1-4H3,(H,20,21). The molecule has 0 fully saturated rings. The van der Waals surface area contributed by atoms with Crippen molar-refractivity contribution in [3.63, 3.8) is 0 Å². The van der Waals surface area contributed by atoms with Crippen molar-refractivity contribution >= 4 is 29.2 Å². The van der Waals surface area contributed by atoms with Crippen LogP contribution in [0.1, 0.15) is 37.4 Å². The van der Waals surface area contributed by atoms with E-state index in [1.54, 1.807) is 12.1 Å². The van der Waals surface area contributed by atoms with Crippen LogP contribution in [-0.2, 0) is 4.74 Å². The molecule has 4 nitrogen and oxygen atoms in total. The SMILES string of the molecule is COC(=O)c1ccc(Cl)c(NC(=O)c2cc(C)c(C)cc2C)c1. The van der Waals surface area contributed by atoms with E-state index in [0.29, 0.717) is 21.8 Å². The second kappa shape index (κ2) is 6.84. The lowest BCUT2D eigenvalue weighted by molar-refractivity contribution is 0.0600. The molecule has 0 aliphatic carbocycles. The zero-order chi connectivity index (χ0) is 17.1. The average molecular weight is 332 g/mol. The number of methoxy groups -OCH3 is 1. The van der Waals surface area contributed by atoms with Gasteiger partial charge in [-0.05, 0) is 61.7 Å². The summed E-state index contributed by atoms with van der Waals surface area (Å²) >= 11 is 6.11. The Morgan fingerprint density at radius 1 is 1.00 bits per heavy atom. The maximum Gasteiger partial charge on any atom is 0.337 e. The molecule has 1 N–H and O–H groups in total. The fourth-order valence-electron chi connectivity index (χ4n) is 2.26. The van der Waals surface area contributed by atoms with Crippen molar-refractivity contribution < 1.29 is 14.3 Å². The zero-order valence-electron chi connectivity index (χ0n) is 13.5. The molecular formula is C18H18ClNO3. The Morgan fingerprint density at radius 2 is 1.65 bits per heavy atom. The van der Waals surface area contributed by atoms with Crippen LogP contribution in [0.15, 0.2) is 30.3 Å². The summed E-state index contributed by atoms with van der Waals surface area (Å²) in [5.41, 5.74) is 4.32. The van der Waals surface area contributed by atoms with E-state index < -0.39 is 5.97 Å². The molecule has 120 valence electrons. The van der Waals surface area contributed by atoms with Gasteiger partial charge in [0.05, 0.1) is 23.4 Å². The third-order valence-corrected chi connectivity index (χ3v) is 4.05. The molecule has 2 aromatic carbocycles. The Hall–Kier alpha value is -2.33. The van der Waals surface area contributed by atoms with Crippen LogP contribution in [0.3, 0.4) is 0 Å². The summed E-state index contributed by atoms with van der Waals surface area (Å²) in [7, 11) is 1.30. The van der Waals surface area contributed by atoms with Gasteiger partial charge in [0.25, 0.3) is 5.91 Å². The van der Waals surface area contributed by atoms with E-state index >= 15 is 0 Å². The second-order valence-corrected chi connectivity index (χ2v) is 5.80. The van der Waals surface area contributed by atoms with Gasteiger partial charge in [0.1, 0.15) is 0 Å². The van der Waals surface area contributed by atoms with Crippen LogP contribution in [0.5, 0.6) is 0 Å². The lowest BCUT2D eigenvalue weighted by Gasteiger charge is -2.12. The molecule has 1 amide bonds. The van der Waals surface area contributed by atoms with Gasteiger partial charge in [0, 0.05) is 5.56 Å². The van der Waals surface area contributed by atoms with Gasteiger partial charge in [-0.3, -0.25) is 4.79 Å². The molecule has 2 rings (SSSR count). The third-order valence-electron chi connectivity index (χ3n) is 3.72. The normalized spacial score (nSPS) is 10.3. The number of ether oxygens (including phenoxy) is 1. The number of halogens is 1. The topological polar surface area (TPSA) is 55.4 Å². The van der Waals surface area contributed by atoms with Crippen molar-refractivity contribution in [3.05, 3.63) is 63.2 Å². The fraction of sp³-hybridized carbons (Fsp3) is 0.222. The number of carbonyl (C=O) groups is 2. The molecular weight excluding hydrogens is 314 g/mol. The van der Waals surface area contributed by atoms with E-state index in [1.807, 2.05) is 32.9 Å². The largest absolute Gasteiger partial charge is 0.465 e. The summed E-state index contributed by atoms with van der Waals surface area (Å²) in [6.45, 7) is 5.84. The minimum atomic E-state index is -0.487. The predicted octanol–water partition coefficient (Wildman–Crippen LogP) is 4.30. The van der Waals surface area contributed by atoms with Crippen LogP contribution in [0, 0.1) is 20.8 Å². The van der Waals surface area contributed by atoms with Crippen LogP contribution in [0.25, 0.3) is 0 Å². The van der Waals surface area contributed by atoms with Crippen molar-refractivity contribution in [2.24, 2.45) is 0 Å². The number of hydrogen-bond acceptors (Lipinski definition) is 3. The molecule has 0 radical (unpaired) electrons. The number of aryl methyl sites for hydroxylation is 3. The molecule has 5 heteroatoms. The molecule has 0 atom stereocenters. The molecule has 0 spiro atoms. The highest BCUT2D eigenvalue weighted by Gasteiger charge is 2.14. The van der Waals surface area contributed by atoms with Gasteiger partial charge in [-0.1, -0.05) is 17.7 Å². The van der Waals surface area contributed by atoms with E-state index in [2.05, 4.69) is 10.1 Å². The first-order valence-electron chi connectivity index (χ1n) is 7.10. The van der Waals surface area contributed by atoms with E-state index in [1.165, 1.54) is 13.2 Å². The molecule has 0 aliphatic rings. The van der Waals surface area contributed by atoms with Crippen molar-refractivity contribution in [2.45, 2.75) is 20.8 Å². The Kier molecular flexibility index (Phi) is 5.06. The van der Waals surface area contributed by atoms with Gasteiger partial charge in [-0.25, -0.2) is 4.79 Å². The molecule has 0 saturated heterocycles. The first-order valence-corrected chi connectivity index (χ1v) is 7.48. The minimum Gasteiger partial charge on any atom is -0.465 e.